The van der Waals surface area contributed by atoms with E-state index in [1.165, 1.54) is 11.7 Å². The highest BCUT2D eigenvalue weighted by molar-refractivity contribution is 7.99. The Kier molecular flexibility index (Phi) is 3.98. The zero-order valence-corrected chi connectivity index (χ0v) is 10.9. The van der Waals surface area contributed by atoms with Crippen molar-refractivity contribution < 1.29 is 23.1 Å². The van der Waals surface area contributed by atoms with Gasteiger partial charge in [-0.2, -0.15) is 5.10 Å². The molecule has 0 aliphatic rings. The van der Waals surface area contributed by atoms with E-state index in [-0.39, 0.29) is 16.7 Å². The molecule has 0 saturated heterocycles. The molecule has 0 saturated carbocycles. The Balaban J connectivity index is 2.39. The topological polar surface area (TPSA) is 68.0 Å². The second-order valence-corrected chi connectivity index (χ2v) is 4.71. The molecule has 9 heteroatoms. The smallest absolute Gasteiger partial charge is 0.313 e. The highest BCUT2D eigenvalue weighted by Crippen LogP contribution is 2.26. The summed E-state index contributed by atoms with van der Waals surface area (Å²) in [5.74, 6) is -4.87. The summed E-state index contributed by atoms with van der Waals surface area (Å²) in [6.07, 6.45) is 0. The zero-order valence-electron chi connectivity index (χ0n) is 10.1. The van der Waals surface area contributed by atoms with Crippen molar-refractivity contribution in [2.45, 2.75) is 5.16 Å². The average Bonchev–Trinajstić information content (AvgIpc) is 2.66. The number of benzene rings is 1. The summed E-state index contributed by atoms with van der Waals surface area (Å²) < 4.78 is 41.2. The number of halogens is 3. The van der Waals surface area contributed by atoms with Crippen LogP contribution >= 0.6 is 11.8 Å². The van der Waals surface area contributed by atoms with Gasteiger partial charge >= 0.3 is 5.97 Å². The van der Waals surface area contributed by atoms with Crippen LogP contribution in [0.3, 0.4) is 0 Å². The molecule has 0 aliphatic heterocycles. The number of thioether (sulfide) groups is 1. The molecule has 0 unspecified atom stereocenters. The van der Waals surface area contributed by atoms with Gasteiger partial charge in [-0.15, -0.1) is 0 Å². The molecule has 2 aromatic rings. The van der Waals surface area contributed by atoms with Gasteiger partial charge in [-0.1, -0.05) is 11.8 Å². The third-order valence-electron chi connectivity index (χ3n) is 2.28. The quantitative estimate of drug-likeness (QED) is 0.876. The predicted octanol–water partition coefficient (Wildman–Crippen LogP) is 2.08. The lowest BCUT2D eigenvalue weighted by atomic mass is 10.2. The molecule has 2 rings (SSSR count). The number of aromatic nitrogens is 3. The Labute approximate surface area is 115 Å². The van der Waals surface area contributed by atoms with Crippen molar-refractivity contribution >= 4 is 17.7 Å². The first-order chi connectivity index (χ1) is 9.38. The van der Waals surface area contributed by atoms with Gasteiger partial charge in [0, 0.05) is 19.2 Å². The molecule has 20 heavy (non-hydrogen) atoms. The minimum atomic E-state index is -1.12. The van der Waals surface area contributed by atoms with Gasteiger partial charge in [0.1, 0.15) is 17.5 Å². The Hall–Kier alpha value is -2.03. The van der Waals surface area contributed by atoms with Crippen LogP contribution in [-0.2, 0) is 11.8 Å². The number of carboxylic acid groups (broad SMARTS) is 1. The molecule has 5 nitrogen and oxygen atoms in total. The van der Waals surface area contributed by atoms with Gasteiger partial charge in [0.05, 0.1) is 11.3 Å². The first-order valence-corrected chi connectivity index (χ1v) is 6.27. The number of rotatable bonds is 4. The van der Waals surface area contributed by atoms with Crippen LogP contribution in [0.5, 0.6) is 0 Å². The number of nitrogens with zero attached hydrogens (tertiary/aromatic N) is 3. The average molecular weight is 303 g/mol. The summed E-state index contributed by atoms with van der Waals surface area (Å²) in [5.41, 5.74) is -0.552. The summed E-state index contributed by atoms with van der Waals surface area (Å²) in [7, 11) is 1.46. The number of aryl methyl sites for hydroxylation is 1. The molecule has 0 bridgehead atoms. The molecule has 1 aromatic heterocycles. The molecule has 1 N–H and O–H groups in total. The minimum Gasteiger partial charge on any atom is -0.481 e. The fourth-order valence-electron chi connectivity index (χ4n) is 1.48. The monoisotopic (exact) mass is 303 g/mol. The van der Waals surface area contributed by atoms with Crippen LogP contribution in [0.25, 0.3) is 11.4 Å². The normalized spacial score (nSPS) is 10.8. The summed E-state index contributed by atoms with van der Waals surface area (Å²) >= 11 is 0.856. The SMILES string of the molecule is Cn1nc(-c2c(F)cc(F)cc2F)nc1SCC(=O)O. The first-order valence-electron chi connectivity index (χ1n) is 5.29. The Morgan fingerprint density at radius 1 is 1.35 bits per heavy atom. The van der Waals surface area contributed by atoms with Crippen LogP contribution in [0.1, 0.15) is 0 Å². The molecule has 1 heterocycles. The lowest BCUT2D eigenvalue weighted by Gasteiger charge is -2.00. The number of aliphatic carboxylic acids is 1. The van der Waals surface area contributed by atoms with Crippen molar-refractivity contribution in [3.05, 3.63) is 29.6 Å². The summed E-state index contributed by atoms with van der Waals surface area (Å²) in [6.45, 7) is 0. The Bertz CT molecular complexity index is 652. The molecule has 0 fully saturated rings. The van der Waals surface area contributed by atoms with Gasteiger partial charge in [-0.3, -0.25) is 4.79 Å². The molecule has 0 radical (unpaired) electrons. The maximum atomic E-state index is 13.6. The van der Waals surface area contributed by atoms with Gasteiger partial charge < -0.3 is 5.11 Å². The van der Waals surface area contributed by atoms with Crippen LogP contribution in [-0.4, -0.2) is 31.6 Å². The predicted molar refractivity (Wildman–Crippen MR) is 64.7 cm³/mol. The highest BCUT2D eigenvalue weighted by atomic mass is 32.2. The summed E-state index contributed by atoms with van der Waals surface area (Å²) in [6, 6.07) is 1.05. The van der Waals surface area contributed by atoms with Crippen LogP contribution in [0.2, 0.25) is 0 Å². The fraction of sp³-hybridized carbons (Fsp3) is 0.182. The zero-order chi connectivity index (χ0) is 14.9. The maximum absolute atomic E-state index is 13.6. The lowest BCUT2D eigenvalue weighted by Crippen LogP contribution is -2.00. The van der Waals surface area contributed by atoms with E-state index in [9.17, 15) is 18.0 Å². The summed E-state index contributed by atoms with van der Waals surface area (Å²) in [5, 5.41) is 12.6. The van der Waals surface area contributed by atoms with Crippen molar-refractivity contribution in [3.63, 3.8) is 0 Å². The van der Waals surface area contributed by atoms with Gasteiger partial charge in [0.15, 0.2) is 11.0 Å². The van der Waals surface area contributed by atoms with E-state index < -0.39 is 29.0 Å². The van der Waals surface area contributed by atoms with Crippen molar-refractivity contribution in [3.8, 4) is 11.4 Å². The van der Waals surface area contributed by atoms with Crippen molar-refractivity contribution in [1.29, 1.82) is 0 Å². The number of hydrogen-bond acceptors (Lipinski definition) is 4. The molecule has 0 spiro atoms. The molecule has 1 aromatic carbocycles. The first kappa shape index (κ1) is 14.4. The molecular formula is C11H8F3N3O2S. The number of carboxylic acids is 1. The second kappa shape index (κ2) is 5.53. The van der Waals surface area contributed by atoms with Crippen LogP contribution in [0.15, 0.2) is 17.3 Å². The van der Waals surface area contributed by atoms with Crippen molar-refractivity contribution in [1.82, 2.24) is 14.8 Å². The number of hydrogen-bond donors (Lipinski definition) is 1. The van der Waals surface area contributed by atoms with E-state index in [0.29, 0.717) is 12.1 Å². The largest absolute Gasteiger partial charge is 0.481 e. The Morgan fingerprint density at radius 2 is 1.95 bits per heavy atom. The molecule has 0 atom stereocenters. The molecular weight excluding hydrogens is 295 g/mol. The van der Waals surface area contributed by atoms with Gasteiger partial charge in [0.25, 0.3) is 0 Å². The van der Waals surface area contributed by atoms with E-state index in [1.807, 2.05) is 0 Å². The second-order valence-electron chi connectivity index (χ2n) is 3.77. The van der Waals surface area contributed by atoms with Gasteiger partial charge in [-0.25, -0.2) is 22.8 Å². The van der Waals surface area contributed by atoms with Crippen LogP contribution in [0.4, 0.5) is 13.2 Å². The third kappa shape index (κ3) is 2.93. The van der Waals surface area contributed by atoms with Crippen molar-refractivity contribution in [2.24, 2.45) is 7.05 Å². The van der Waals surface area contributed by atoms with E-state index >= 15 is 0 Å². The third-order valence-corrected chi connectivity index (χ3v) is 3.28. The van der Waals surface area contributed by atoms with Gasteiger partial charge in [0.2, 0.25) is 0 Å². The molecule has 106 valence electrons. The Morgan fingerprint density at radius 3 is 2.50 bits per heavy atom. The maximum Gasteiger partial charge on any atom is 0.313 e. The fourth-order valence-corrected chi connectivity index (χ4v) is 2.12. The van der Waals surface area contributed by atoms with E-state index in [4.69, 9.17) is 5.11 Å². The van der Waals surface area contributed by atoms with Crippen molar-refractivity contribution in [2.75, 3.05) is 5.75 Å². The van der Waals surface area contributed by atoms with E-state index in [2.05, 4.69) is 10.1 Å². The summed E-state index contributed by atoms with van der Waals surface area (Å²) in [4.78, 5) is 14.3. The van der Waals surface area contributed by atoms with E-state index in [0.717, 1.165) is 11.8 Å². The molecule has 0 aliphatic carbocycles. The highest BCUT2D eigenvalue weighted by Gasteiger charge is 2.19. The van der Waals surface area contributed by atoms with E-state index in [1.54, 1.807) is 0 Å². The standard InChI is InChI=1S/C11H8F3N3O2S/c1-17-11(20-4-8(18)19)15-10(16-17)9-6(13)2-5(12)3-7(9)14/h2-3H,4H2,1H3,(H,18,19). The minimum absolute atomic E-state index is 0.186. The van der Waals surface area contributed by atoms with Crippen LogP contribution < -0.4 is 0 Å². The van der Waals surface area contributed by atoms with Gasteiger partial charge in [-0.05, 0) is 0 Å². The lowest BCUT2D eigenvalue weighted by molar-refractivity contribution is -0.133. The van der Waals surface area contributed by atoms with Crippen LogP contribution in [0, 0.1) is 17.5 Å². The number of carbonyl (C=O) groups is 1. The molecule has 0 amide bonds.